The van der Waals surface area contributed by atoms with Crippen molar-refractivity contribution in [3.05, 3.63) is 24.0 Å². The predicted molar refractivity (Wildman–Crippen MR) is 67.6 cm³/mol. The standard InChI is InChI=1S/C13H18N2O3/c1-9(10-4-6-18-8-10)15-11-3-5-14-12(7-11)13(16)17-2/h3,5,7,9-10H,4,6,8H2,1-2H3,(H,14,15). The van der Waals surface area contributed by atoms with Crippen LogP contribution in [-0.2, 0) is 9.47 Å². The molecule has 2 atom stereocenters. The second-order valence-corrected chi connectivity index (χ2v) is 4.48. The van der Waals surface area contributed by atoms with E-state index in [1.54, 1.807) is 12.3 Å². The number of hydrogen-bond acceptors (Lipinski definition) is 5. The molecule has 5 heteroatoms. The fraction of sp³-hybridized carbons (Fsp3) is 0.538. The molecule has 0 bridgehead atoms. The molecule has 0 radical (unpaired) electrons. The van der Waals surface area contributed by atoms with Gasteiger partial charge >= 0.3 is 5.97 Å². The monoisotopic (exact) mass is 250 g/mol. The summed E-state index contributed by atoms with van der Waals surface area (Å²) < 4.78 is 10.0. The molecule has 5 nitrogen and oxygen atoms in total. The Balaban J connectivity index is 2.02. The molecule has 0 aliphatic carbocycles. The van der Waals surface area contributed by atoms with Gasteiger partial charge in [-0.2, -0.15) is 0 Å². The van der Waals surface area contributed by atoms with Crippen LogP contribution in [0.25, 0.3) is 0 Å². The first-order chi connectivity index (χ1) is 8.70. The van der Waals surface area contributed by atoms with Crippen molar-refractivity contribution in [2.75, 3.05) is 25.6 Å². The highest BCUT2D eigenvalue weighted by atomic mass is 16.5. The Morgan fingerprint density at radius 3 is 3.17 bits per heavy atom. The van der Waals surface area contributed by atoms with E-state index in [2.05, 4.69) is 22.0 Å². The summed E-state index contributed by atoms with van der Waals surface area (Å²) in [5, 5.41) is 3.38. The van der Waals surface area contributed by atoms with Crippen LogP contribution in [0.3, 0.4) is 0 Å². The van der Waals surface area contributed by atoms with E-state index in [0.717, 1.165) is 25.3 Å². The van der Waals surface area contributed by atoms with Gasteiger partial charge in [0.05, 0.1) is 13.7 Å². The van der Waals surface area contributed by atoms with Crippen LogP contribution >= 0.6 is 0 Å². The smallest absolute Gasteiger partial charge is 0.356 e. The van der Waals surface area contributed by atoms with Crippen LogP contribution in [0, 0.1) is 5.92 Å². The van der Waals surface area contributed by atoms with Gasteiger partial charge in [0.2, 0.25) is 0 Å². The molecule has 2 heterocycles. The topological polar surface area (TPSA) is 60.5 Å². The number of nitrogens with one attached hydrogen (secondary N) is 1. The Bertz CT molecular complexity index is 416. The van der Waals surface area contributed by atoms with E-state index >= 15 is 0 Å². The Kier molecular flexibility index (Phi) is 4.15. The normalized spacial score (nSPS) is 20.4. The lowest BCUT2D eigenvalue weighted by molar-refractivity contribution is 0.0594. The van der Waals surface area contributed by atoms with E-state index in [9.17, 15) is 4.79 Å². The van der Waals surface area contributed by atoms with E-state index in [4.69, 9.17) is 4.74 Å². The summed E-state index contributed by atoms with van der Waals surface area (Å²) in [6.45, 7) is 3.75. The molecule has 1 N–H and O–H groups in total. The van der Waals surface area contributed by atoms with E-state index in [1.165, 1.54) is 7.11 Å². The largest absolute Gasteiger partial charge is 0.464 e. The van der Waals surface area contributed by atoms with Crippen molar-refractivity contribution in [2.24, 2.45) is 5.92 Å². The first kappa shape index (κ1) is 12.8. The van der Waals surface area contributed by atoms with Crippen molar-refractivity contribution in [2.45, 2.75) is 19.4 Å². The van der Waals surface area contributed by atoms with Crippen LogP contribution in [0.4, 0.5) is 5.69 Å². The van der Waals surface area contributed by atoms with Gasteiger partial charge in [-0.05, 0) is 25.5 Å². The van der Waals surface area contributed by atoms with Crippen molar-refractivity contribution in [3.8, 4) is 0 Å². The molecule has 2 unspecified atom stereocenters. The molecular formula is C13H18N2O3. The van der Waals surface area contributed by atoms with Gasteiger partial charge in [0.25, 0.3) is 0 Å². The van der Waals surface area contributed by atoms with Crippen LogP contribution in [0.5, 0.6) is 0 Å². The molecule has 1 aliphatic heterocycles. The van der Waals surface area contributed by atoms with Gasteiger partial charge in [-0.25, -0.2) is 9.78 Å². The van der Waals surface area contributed by atoms with E-state index in [-0.39, 0.29) is 0 Å². The molecule has 0 amide bonds. The van der Waals surface area contributed by atoms with Crippen molar-refractivity contribution in [1.82, 2.24) is 4.98 Å². The number of anilines is 1. The maximum absolute atomic E-state index is 11.4. The van der Waals surface area contributed by atoms with Crippen LogP contribution in [0.1, 0.15) is 23.8 Å². The summed E-state index contributed by atoms with van der Waals surface area (Å²) in [5.41, 5.74) is 1.20. The van der Waals surface area contributed by atoms with Crippen molar-refractivity contribution in [3.63, 3.8) is 0 Å². The number of carbonyl (C=O) groups is 1. The summed E-state index contributed by atoms with van der Waals surface area (Å²) in [7, 11) is 1.35. The summed E-state index contributed by atoms with van der Waals surface area (Å²) >= 11 is 0. The zero-order chi connectivity index (χ0) is 13.0. The fourth-order valence-corrected chi connectivity index (χ4v) is 2.06. The van der Waals surface area contributed by atoms with E-state index < -0.39 is 5.97 Å². The number of ether oxygens (including phenoxy) is 2. The first-order valence-electron chi connectivity index (χ1n) is 6.09. The molecule has 18 heavy (non-hydrogen) atoms. The van der Waals surface area contributed by atoms with Gasteiger partial charge in [0, 0.05) is 30.5 Å². The first-order valence-corrected chi connectivity index (χ1v) is 6.09. The maximum atomic E-state index is 11.4. The lowest BCUT2D eigenvalue weighted by Gasteiger charge is -2.20. The van der Waals surface area contributed by atoms with E-state index in [1.807, 2.05) is 6.07 Å². The van der Waals surface area contributed by atoms with Crippen LogP contribution in [0.2, 0.25) is 0 Å². The molecule has 2 rings (SSSR count). The minimum atomic E-state index is -0.421. The Hall–Kier alpha value is -1.62. The number of aromatic nitrogens is 1. The predicted octanol–water partition coefficient (Wildman–Crippen LogP) is 1.71. The zero-order valence-electron chi connectivity index (χ0n) is 10.7. The maximum Gasteiger partial charge on any atom is 0.356 e. The van der Waals surface area contributed by atoms with Gasteiger partial charge in [-0.15, -0.1) is 0 Å². The zero-order valence-corrected chi connectivity index (χ0v) is 10.7. The molecule has 1 fully saturated rings. The number of hydrogen-bond donors (Lipinski definition) is 1. The molecule has 98 valence electrons. The van der Waals surface area contributed by atoms with Gasteiger partial charge in [0.1, 0.15) is 5.69 Å². The van der Waals surface area contributed by atoms with Crippen LogP contribution in [0.15, 0.2) is 18.3 Å². The number of nitrogens with zero attached hydrogens (tertiary/aromatic N) is 1. The van der Waals surface area contributed by atoms with Gasteiger partial charge in [-0.3, -0.25) is 0 Å². The number of esters is 1. The highest BCUT2D eigenvalue weighted by molar-refractivity contribution is 5.88. The lowest BCUT2D eigenvalue weighted by atomic mass is 10.0. The minimum absolute atomic E-state index is 0.306. The Morgan fingerprint density at radius 1 is 1.67 bits per heavy atom. The third kappa shape index (κ3) is 2.98. The van der Waals surface area contributed by atoms with Crippen LogP contribution < -0.4 is 5.32 Å². The average Bonchev–Trinajstić information content (AvgIpc) is 2.92. The SMILES string of the molecule is COC(=O)c1cc(NC(C)C2CCOC2)ccn1. The quantitative estimate of drug-likeness (QED) is 0.824. The third-order valence-corrected chi connectivity index (χ3v) is 3.22. The second kappa shape index (κ2) is 5.82. The molecule has 0 saturated carbocycles. The van der Waals surface area contributed by atoms with Crippen molar-refractivity contribution >= 4 is 11.7 Å². The summed E-state index contributed by atoms with van der Waals surface area (Å²) in [4.78, 5) is 15.4. The average molecular weight is 250 g/mol. The summed E-state index contributed by atoms with van der Waals surface area (Å²) in [6, 6.07) is 3.86. The third-order valence-electron chi connectivity index (χ3n) is 3.22. The van der Waals surface area contributed by atoms with Gasteiger partial charge < -0.3 is 14.8 Å². The Morgan fingerprint density at radius 2 is 2.50 bits per heavy atom. The summed E-state index contributed by atoms with van der Waals surface area (Å²) in [6.07, 6.45) is 2.68. The molecule has 1 aromatic heterocycles. The highest BCUT2D eigenvalue weighted by Crippen LogP contribution is 2.20. The minimum Gasteiger partial charge on any atom is -0.464 e. The van der Waals surface area contributed by atoms with Crippen LogP contribution in [-0.4, -0.2) is 37.3 Å². The van der Waals surface area contributed by atoms with Crippen molar-refractivity contribution in [1.29, 1.82) is 0 Å². The lowest BCUT2D eigenvalue weighted by Crippen LogP contribution is -2.26. The molecule has 1 aliphatic rings. The molecular weight excluding hydrogens is 232 g/mol. The van der Waals surface area contributed by atoms with Crippen molar-refractivity contribution < 1.29 is 14.3 Å². The number of carbonyl (C=O) groups excluding carboxylic acids is 1. The van der Waals surface area contributed by atoms with Gasteiger partial charge in [-0.1, -0.05) is 0 Å². The Labute approximate surface area is 107 Å². The molecule has 1 aromatic rings. The second-order valence-electron chi connectivity index (χ2n) is 4.48. The number of methoxy groups -OCH3 is 1. The number of rotatable bonds is 4. The molecule has 0 aromatic carbocycles. The fourth-order valence-electron chi connectivity index (χ4n) is 2.06. The molecule has 1 saturated heterocycles. The molecule has 0 spiro atoms. The highest BCUT2D eigenvalue weighted by Gasteiger charge is 2.22. The van der Waals surface area contributed by atoms with Gasteiger partial charge in [0.15, 0.2) is 0 Å². The van der Waals surface area contributed by atoms with E-state index in [0.29, 0.717) is 17.7 Å². The summed E-state index contributed by atoms with van der Waals surface area (Å²) in [5.74, 6) is 0.0928. The number of pyridine rings is 1.